The molecule has 1 atom stereocenters. The van der Waals surface area contributed by atoms with E-state index < -0.39 is 6.04 Å². The summed E-state index contributed by atoms with van der Waals surface area (Å²) < 4.78 is 7.16. The third-order valence-corrected chi connectivity index (χ3v) is 4.47. The van der Waals surface area contributed by atoms with Gasteiger partial charge in [0.25, 0.3) is 0 Å². The summed E-state index contributed by atoms with van der Waals surface area (Å²) in [6.07, 6.45) is 2.47. The van der Waals surface area contributed by atoms with Crippen LogP contribution in [-0.2, 0) is 22.7 Å². The Hall–Kier alpha value is -2.57. The first-order chi connectivity index (χ1) is 11.5. The molecule has 0 saturated carbocycles. The Morgan fingerprint density at radius 3 is 2.88 bits per heavy atom. The van der Waals surface area contributed by atoms with E-state index in [2.05, 4.69) is 10.4 Å². The molecule has 0 aliphatic carbocycles. The summed E-state index contributed by atoms with van der Waals surface area (Å²) in [6.45, 7) is 6.87. The van der Waals surface area contributed by atoms with E-state index in [4.69, 9.17) is 4.42 Å². The quantitative estimate of drug-likeness (QED) is 0.912. The smallest absolute Gasteiger partial charge is 0.247 e. The molecule has 2 aromatic heterocycles. The van der Waals surface area contributed by atoms with Crippen LogP contribution in [0.25, 0.3) is 0 Å². The molecule has 1 fully saturated rings. The molecule has 3 rings (SSSR count). The lowest BCUT2D eigenvalue weighted by atomic mass is 10.2. The van der Waals surface area contributed by atoms with Crippen molar-refractivity contribution in [2.45, 2.75) is 52.7 Å². The molecule has 0 radical (unpaired) electrons. The molecular formula is C17H22N4O3. The van der Waals surface area contributed by atoms with Crippen molar-refractivity contribution >= 4 is 17.5 Å². The second-order valence-electron chi connectivity index (χ2n) is 6.01. The normalized spacial score (nSPS) is 17.5. The largest absolute Gasteiger partial charge is 0.467 e. The van der Waals surface area contributed by atoms with Crippen molar-refractivity contribution in [1.29, 1.82) is 0 Å². The van der Waals surface area contributed by atoms with Crippen LogP contribution in [0.5, 0.6) is 0 Å². The number of hydrogen-bond acceptors (Lipinski definition) is 4. The van der Waals surface area contributed by atoms with E-state index in [0.29, 0.717) is 25.1 Å². The third kappa shape index (κ3) is 2.93. The van der Waals surface area contributed by atoms with Crippen molar-refractivity contribution in [3.05, 3.63) is 35.5 Å². The fourth-order valence-corrected chi connectivity index (χ4v) is 3.17. The van der Waals surface area contributed by atoms with Crippen molar-refractivity contribution in [1.82, 2.24) is 14.7 Å². The first-order valence-corrected chi connectivity index (χ1v) is 8.18. The highest BCUT2D eigenvalue weighted by Crippen LogP contribution is 2.25. The minimum Gasteiger partial charge on any atom is -0.467 e. The number of nitrogens with one attached hydrogen (secondary N) is 1. The molecule has 0 bridgehead atoms. The maximum atomic E-state index is 12.7. The number of hydrogen-bond donors (Lipinski definition) is 1. The fourth-order valence-electron chi connectivity index (χ4n) is 3.17. The van der Waals surface area contributed by atoms with Gasteiger partial charge in [-0.15, -0.1) is 0 Å². The fraction of sp³-hybridized carbons (Fsp3) is 0.471. The second kappa shape index (κ2) is 6.51. The van der Waals surface area contributed by atoms with Crippen molar-refractivity contribution in [3.8, 4) is 0 Å². The van der Waals surface area contributed by atoms with E-state index in [9.17, 15) is 9.59 Å². The number of anilines is 1. The summed E-state index contributed by atoms with van der Waals surface area (Å²) in [5, 5.41) is 7.37. The molecule has 1 saturated heterocycles. The summed E-state index contributed by atoms with van der Waals surface area (Å²) in [7, 11) is 0. The van der Waals surface area contributed by atoms with Gasteiger partial charge in [-0.1, -0.05) is 0 Å². The minimum absolute atomic E-state index is 0.0238. The molecule has 0 aromatic carbocycles. The van der Waals surface area contributed by atoms with Gasteiger partial charge < -0.3 is 14.6 Å². The van der Waals surface area contributed by atoms with E-state index in [-0.39, 0.29) is 11.8 Å². The number of carbonyl (C=O) groups is 2. The average Bonchev–Trinajstić information content (AvgIpc) is 3.25. The Morgan fingerprint density at radius 1 is 1.46 bits per heavy atom. The molecule has 24 heavy (non-hydrogen) atoms. The second-order valence-corrected chi connectivity index (χ2v) is 6.01. The summed E-state index contributed by atoms with van der Waals surface area (Å²) in [6, 6.07) is 3.10. The van der Waals surface area contributed by atoms with Gasteiger partial charge in [-0.25, -0.2) is 0 Å². The molecule has 128 valence electrons. The number of amides is 2. The zero-order valence-electron chi connectivity index (χ0n) is 14.2. The molecular weight excluding hydrogens is 308 g/mol. The molecule has 1 aliphatic rings. The number of rotatable bonds is 5. The van der Waals surface area contributed by atoms with E-state index in [0.717, 1.165) is 23.6 Å². The molecule has 1 aliphatic heterocycles. The van der Waals surface area contributed by atoms with Crippen LogP contribution in [0.3, 0.4) is 0 Å². The van der Waals surface area contributed by atoms with Crippen LogP contribution in [0.15, 0.2) is 22.8 Å². The summed E-state index contributed by atoms with van der Waals surface area (Å²) in [4.78, 5) is 26.5. The molecule has 0 spiro atoms. The number of carbonyl (C=O) groups excluding carboxylic acids is 2. The van der Waals surface area contributed by atoms with Gasteiger partial charge >= 0.3 is 0 Å². The zero-order valence-corrected chi connectivity index (χ0v) is 14.2. The van der Waals surface area contributed by atoms with Crippen LogP contribution < -0.4 is 5.32 Å². The average molecular weight is 330 g/mol. The predicted molar refractivity (Wildman–Crippen MR) is 88.3 cm³/mol. The SMILES string of the molecule is CCn1nc(C)c(NC(=O)[C@H]2CCC(=O)N2Cc2ccco2)c1C. The van der Waals surface area contributed by atoms with Crippen LogP contribution in [0.1, 0.15) is 36.9 Å². The molecule has 2 aromatic rings. The highest BCUT2D eigenvalue weighted by molar-refractivity contribution is 5.99. The lowest BCUT2D eigenvalue weighted by Gasteiger charge is -2.23. The Bertz CT molecular complexity index is 748. The third-order valence-electron chi connectivity index (χ3n) is 4.47. The zero-order chi connectivity index (χ0) is 17.3. The number of likely N-dealkylation sites (tertiary alicyclic amines) is 1. The Balaban J connectivity index is 1.76. The standard InChI is InChI=1S/C17H22N4O3/c1-4-21-12(3)16(11(2)19-21)18-17(23)14-7-8-15(22)20(14)10-13-6-5-9-24-13/h5-6,9,14H,4,7-8,10H2,1-3H3,(H,18,23)/t14-/m1/s1. The lowest BCUT2D eigenvalue weighted by molar-refractivity contribution is -0.134. The lowest BCUT2D eigenvalue weighted by Crippen LogP contribution is -2.41. The topological polar surface area (TPSA) is 80.4 Å². The molecule has 7 nitrogen and oxygen atoms in total. The van der Waals surface area contributed by atoms with Crippen molar-refractivity contribution in [2.24, 2.45) is 0 Å². The van der Waals surface area contributed by atoms with E-state index in [1.165, 1.54) is 0 Å². The number of aromatic nitrogens is 2. The highest BCUT2D eigenvalue weighted by Gasteiger charge is 2.37. The molecule has 2 amide bonds. The van der Waals surface area contributed by atoms with Crippen LogP contribution in [-0.4, -0.2) is 32.5 Å². The van der Waals surface area contributed by atoms with Crippen LogP contribution in [0.4, 0.5) is 5.69 Å². The molecule has 1 N–H and O–H groups in total. The predicted octanol–water partition coefficient (Wildman–Crippen LogP) is 2.24. The number of nitrogens with zero attached hydrogens (tertiary/aromatic N) is 3. The monoisotopic (exact) mass is 330 g/mol. The van der Waals surface area contributed by atoms with Gasteiger partial charge in [0, 0.05) is 13.0 Å². The van der Waals surface area contributed by atoms with Crippen LogP contribution in [0.2, 0.25) is 0 Å². The summed E-state index contributed by atoms with van der Waals surface area (Å²) in [5.74, 6) is 0.479. The van der Waals surface area contributed by atoms with Crippen molar-refractivity contribution in [3.63, 3.8) is 0 Å². The Kier molecular flexibility index (Phi) is 4.42. The Labute approximate surface area is 140 Å². The molecule has 3 heterocycles. The minimum atomic E-state index is -0.480. The van der Waals surface area contributed by atoms with Crippen LogP contribution in [0, 0.1) is 13.8 Å². The van der Waals surface area contributed by atoms with Gasteiger partial charge in [0.15, 0.2) is 0 Å². The molecule has 0 unspecified atom stereocenters. The van der Waals surface area contributed by atoms with Crippen molar-refractivity contribution < 1.29 is 14.0 Å². The summed E-state index contributed by atoms with van der Waals surface area (Å²) in [5.41, 5.74) is 2.44. The molecule has 7 heteroatoms. The van der Waals surface area contributed by atoms with Gasteiger partial charge in [0.1, 0.15) is 11.8 Å². The highest BCUT2D eigenvalue weighted by atomic mass is 16.3. The van der Waals surface area contributed by atoms with Gasteiger partial charge in [0.2, 0.25) is 11.8 Å². The number of aryl methyl sites for hydroxylation is 2. The first kappa shape index (κ1) is 16.3. The van der Waals surface area contributed by atoms with Gasteiger partial charge in [0.05, 0.1) is 29.9 Å². The van der Waals surface area contributed by atoms with Crippen molar-refractivity contribution in [2.75, 3.05) is 5.32 Å². The maximum absolute atomic E-state index is 12.7. The van der Waals surface area contributed by atoms with Crippen LogP contribution >= 0.6 is 0 Å². The van der Waals surface area contributed by atoms with Gasteiger partial charge in [-0.3, -0.25) is 14.3 Å². The number of furan rings is 1. The summed E-state index contributed by atoms with van der Waals surface area (Å²) >= 11 is 0. The van der Waals surface area contributed by atoms with E-state index in [1.54, 1.807) is 23.3 Å². The van der Waals surface area contributed by atoms with E-state index in [1.807, 2.05) is 25.5 Å². The van der Waals surface area contributed by atoms with E-state index >= 15 is 0 Å². The Morgan fingerprint density at radius 2 is 2.25 bits per heavy atom. The first-order valence-electron chi connectivity index (χ1n) is 8.18. The van der Waals surface area contributed by atoms with Gasteiger partial charge in [-0.2, -0.15) is 5.10 Å². The maximum Gasteiger partial charge on any atom is 0.247 e. The van der Waals surface area contributed by atoms with Gasteiger partial charge in [-0.05, 0) is 39.3 Å².